The van der Waals surface area contributed by atoms with Crippen molar-refractivity contribution in [3.63, 3.8) is 0 Å². The van der Waals surface area contributed by atoms with Crippen molar-refractivity contribution in [1.82, 2.24) is 5.32 Å². The van der Waals surface area contributed by atoms with Gasteiger partial charge in [-0.1, -0.05) is 37.0 Å². The minimum atomic E-state index is 0.130. The maximum absolute atomic E-state index is 9.74. The first-order chi connectivity index (χ1) is 9.56. The van der Waals surface area contributed by atoms with E-state index < -0.39 is 0 Å². The van der Waals surface area contributed by atoms with Crippen molar-refractivity contribution in [2.45, 2.75) is 59.4 Å². The smallest absolute Gasteiger partial charge is 0.0499 e. The quantitative estimate of drug-likeness (QED) is 0.860. The van der Waals surface area contributed by atoms with Gasteiger partial charge in [-0.3, -0.25) is 0 Å². The molecule has 0 spiro atoms. The molecule has 20 heavy (non-hydrogen) atoms. The molecular formula is C18H29NO. The van der Waals surface area contributed by atoms with Crippen molar-refractivity contribution >= 4 is 0 Å². The lowest BCUT2D eigenvalue weighted by atomic mass is 9.74. The molecule has 0 radical (unpaired) electrons. The molecule has 1 aromatic carbocycles. The summed E-state index contributed by atoms with van der Waals surface area (Å²) in [6, 6.07) is 4.51. The van der Waals surface area contributed by atoms with Crippen LogP contribution in [-0.4, -0.2) is 18.3 Å². The second kappa shape index (κ2) is 6.73. The summed E-state index contributed by atoms with van der Waals surface area (Å²) < 4.78 is 0. The number of nitrogens with one attached hydrogen (secondary N) is 1. The van der Waals surface area contributed by atoms with E-state index in [0.717, 1.165) is 13.1 Å². The lowest BCUT2D eigenvalue weighted by Crippen LogP contribution is -2.39. The van der Waals surface area contributed by atoms with Gasteiger partial charge in [0.05, 0.1) is 0 Å². The van der Waals surface area contributed by atoms with E-state index in [2.05, 4.69) is 38.2 Å². The molecule has 0 unspecified atom stereocenters. The van der Waals surface area contributed by atoms with Gasteiger partial charge in [0.1, 0.15) is 0 Å². The molecular weight excluding hydrogens is 246 g/mol. The van der Waals surface area contributed by atoms with E-state index in [1.807, 2.05) is 0 Å². The Morgan fingerprint density at radius 3 is 2.20 bits per heavy atom. The van der Waals surface area contributed by atoms with E-state index in [9.17, 15) is 5.11 Å². The first-order valence-corrected chi connectivity index (χ1v) is 7.95. The summed E-state index contributed by atoms with van der Waals surface area (Å²) >= 11 is 0. The van der Waals surface area contributed by atoms with Crippen molar-refractivity contribution < 1.29 is 5.11 Å². The fraction of sp³-hybridized carbons (Fsp3) is 0.667. The topological polar surface area (TPSA) is 32.3 Å². The molecule has 0 aliphatic heterocycles. The van der Waals surface area contributed by atoms with Crippen LogP contribution >= 0.6 is 0 Å². The first-order valence-electron chi connectivity index (χ1n) is 7.95. The third-order valence-electron chi connectivity index (χ3n) is 4.89. The van der Waals surface area contributed by atoms with Crippen LogP contribution < -0.4 is 5.32 Å². The summed E-state index contributed by atoms with van der Waals surface area (Å²) in [6.45, 7) is 8.72. The fourth-order valence-corrected chi connectivity index (χ4v) is 3.63. The van der Waals surface area contributed by atoms with Gasteiger partial charge >= 0.3 is 0 Å². The van der Waals surface area contributed by atoms with Crippen LogP contribution in [-0.2, 0) is 6.54 Å². The highest BCUT2D eigenvalue weighted by molar-refractivity contribution is 5.37. The predicted octanol–water partition coefficient (Wildman–Crippen LogP) is 3.64. The Morgan fingerprint density at radius 1 is 1.05 bits per heavy atom. The highest BCUT2D eigenvalue weighted by Gasteiger charge is 2.30. The van der Waals surface area contributed by atoms with Gasteiger partial charge in [-0.05, 0) is 50.3 Å². The van der Waals surface area contributed by atoms with Gasteiger partial charge in [-0.15, -0.1) is 0 Å². The Hall–Kier alpha value is -0.860. The summed E-state index contributed by atoms with van der Waals surface area (Å²) in [5.41, 5.74) is 5.63. The molecule has 2 N–H and O–H groups in total. The van der Waals surface area contributed by atoms with Crippen LogP contribution in [0.3, 0.4) is 0 Å². The van der Waals surface area contributed by atoms with Crippen molar-refractivity contribution in [3.05, 3.63) is 34.4 Å². The van der Waals surface area contributed by atoms with Crippen LogP contribution in [0.2, 0.25) is 0 Å². The molecule has 1 saturated carbocycles. The Kier molecular flexibility index (Phi) is 5.22. The zero-order valence-corrected chi connectivity index (χ0v) is 13.3. The number of hydrogen-bond donors (Lipinski definition) is 2. The molecule has 1 aliphatic rings. The van der Waals surface area contributed by atoms with E-state index in [4.69, 9.17) is 0 Å². The normalized spacial score (nSPS) is 18.2. The molecule has 2 nitrogen and oxygen atoms in total. The van der Waals surface area contributed by atoms with Gasteiger partial charge in [0, 0.05) is 25.1 Å². The Bertz CT molecular complexity index is 424. The zero-order chi connectivity index (χ0) is 14.6. The zero-order valence-electron chi connectivity index (χ0n) is 13.3. The molecule has 0 saturated heterocycles. The van der Waals surface area contributed by atoms with Gasteiger partial charge in [0.2, 0.25) is 0 Å². The molecule has 2 rings (SSSR count). The van der Waals surface area contributed by atoms with Crippen molar-refractivity contribution in [3.8, 4) is 0 Å². The summed E-state index contributed by atoms with van der Waals surface area (Å²) in [7, 11) is 0. The van der Waals surface area contributed by atoms with E-state index in [1.54, 1.807) is 0 Å². The van der Waals surface area contributed by atoms with E-state index in [0.29, 0.717) is 6.61 Å². The Balaban J connectivity index is 1.95. The molecule has 0 amide bonds. The largest absolute Gasteiger partial charge is 0.396 e. The average Bonchev–Trinajstić information content (AvgIpc) is 2.43. The first kappa shape index (κ1) is 15.5. The molecule has 0 atom stereocenters. The summed E-state index contributed by atoms with van der Waals surface area (Å²) in [5.74, 6) is 0. The number of benzene rings is 1. The Morgan fingerprint density at radius 2 is 1.65 bits per heavy atom. The van der Waals surface area contributed by atoms with Gasteiger partial charge in [-0.25, -0.2) is 0 Å². The molecule has 0 heterocycles. The SMILES string of the molecule is Cc1cc(C)c(CNCC2(CO)CCCCC2)c(C)c1. The van der Waals surface area contributed by atoms with Crippen LogP contribution in [0.4, 0.5) is 0 Å². The van der Waals surface area contributed by atoms with E-state index >= 15 is 0 Å². The predicted molar refractivity (Wildman–Crippen MR) is 85.0 cm³/mol. The summed E-state index contributed by atoms with van der Waals surface area (Å²) in [6.07, 6.45) is 6.21. The van der Waals surface area contributed by atoms with Crippen LogP contribution in [0.15, 0.2) is 12.1 Å². The number of aliphatic hydroxyl groups excluding tert-OH is 1. The molecule has 0 aromatic heterocycles. The maximum Gasteiger partial charge on any atom is 0.0499 e. The van der Waals surface area contributed by atoms with Gasteiger partial charge in [-0.2, -0.15) is 0 Å². The average molecular weight is 275 g/mol. The van der Waals surface area contributed by atoms with E-state index in [-0.39, 0.29) is 5.41 Å². The third-order valence-corrected chi connectivity index (χ3v) is 4.89. The van der Waals surface area contributed by atoms with Crippen LogP contribution in [0.25, 0.3) is 0 Å². The summed E-state index contributed by atoms with van der Waals surface area (Å²) in [5, 5.41) is 13.3. The molecule has 0 bridgehead atoms. The lowest BCUT2D eigenvalue weighted by Gasteiger charge is -2.36. The van der Waals surface area contributed by atoms with Crippen molar-refractivity contribution in [2.24, 2.45) is 5.41 Å². The summed E-state index contributed by atoms with van der Waals surface area (Å²) in [4.78, 5) is 0. The molecule has 1 fully saturated rings. The van der Waals surface area contributed by atoms with Crippen molar-refractivity contribution in [1.29, 1.82) is 0 Å². The minimum absolute atomic E-state index is 0.130. The molecule has 1 aliphatic carbocycles. The van der Waals surface area contributed by atoms with Crippen molar-refractivity contribution in [2.75, 3.05) is 13.2 Å². The minimum Gasteiger partial charge on any atom is -0.396 e. The van der Waals surface area contributed by atoms with Crippen LogP contribution in [0.1, 0.15) is 54.4 Å². The van der Waals surface area contributed by atoms with Gasteiger partial charge in [0.25, 0.3) is 0 Å². The molecule has 1 aromatic rings. The number of aliphatic hydroxyl groups is 1. The number of rotatable bonds is 5. The third kappa shape index (κ3) is 3.62. The standard InChI is InChI=1S/C18H29NO/c1-14-9-15(2)17(16(3)10-14)11-19-12-18(13-20)7-5-4-6-8-18/h9-10,19-20H,4-8,11-13H2,1-3H3. The van der Waals surface area contributed by atoms with Crippen LogP contribution in [0, 0.1) is 26.2 Å². The fourth-order valence-electron chi connectivity index (χ4n) is 3.63. The highest BCUT2D eigenvalue weighted by Crippen LogP contribution is 2.35. The molecule has 112 valence electrons. The van der Waals surface area contributed by atoms with E-state index in [1.165, 1.54) is 54.4 Å². The maximum atomic E-state index is 9.74. The number of aryl methyl sites for hydroxylation is 3. The van der Waals surface area contributed by atoms with Gasteiger partial charge in [0.15, 0.2) is 0 Å². The van der Waals surface area contributed by atoms with Crippen LogP contribution in [0.5, 0.6) is 0 Å². The lowest BCUT2D eigenvalue weighted by molar-refractivity contribution is 0.0810. The number of hydrogen-bond acceptors (Lipinski definition) is 2. The molecule has 2 heteroatoms. The Labute approximate surface area is 123 Å². The monoisotopic (exact) mass is 275 g/mol. The van der Waals surface area contributed by atoms with Gasteiger partial charge < -0.3 is 10.4 Å². The second-order valence-electron chi connectivity index (χ2n) is 6.70. The second-order valence-corrected chi connectivity index (χ2v) is 6.70. The highest BCUT2D eigenvalue weighted by atomic mass is 16.3.